The van der Waals surface area contributed by atoms with Gasteiger partial charge in [0, 0.05) is 0 Å². The van der Waals surface area contributed by atoms with E-state index in [1.165, 1.54) is 80.9 Å². The first-order valence-electron chi connectivity index (χ1n) is 13.8. The normalized spacial score (nSPS) is 18.1. The molecule has 0 aliphatic heterocycles. The third-order valence-corrected chi connectivity index (χ3v) is 11.1. The van der Waals surface area contributed by atoms with Gasteiger partial charge in [-0.25, -0.2) is 0 Å². The number of ether oxygens (including phenoxy) is 2. The van der Waals surface area contributed by atoms with Gasteiger partial charge in [0.05, 0.1) is 17.8 Å². The van der Waals surface area contributed by atoms with Crippen LogP contribution in [0.2, 0.25) is 0 Å². The van der Waals surface area contributed by atoms with E-state index in [-0.39, 0.29) is 20.1 Å². The number of rotatable bonds is 8. The molecule has 2 fully saturated rings. The van der Waals surface area contributed by atoms with Gasteiger partial charge in [-0.15, -0.1) is 0 Å². The molecule has 2 aliphatic rings. The SMILES string of the molecule is Cc1cccc(-c2c(OC(C)C)cccc2OC(C)C)c1P(C1CCCCC1)C1CCCCC1. The van der Waals surface area contributed by atoms with Crippen molar-refractivity contribution in [2.75, 3.05) is 0 Å². The van der Waals surface area contributed by atoms with E-state index >= 15 is 0 Å². The summed E-state index contributed by atoms with van der Waals surface area (Å²) in [5.41, 5.74) is 5.73. The van der Waals surface area contributed by atoms with Gasteiger partial charge in [-0.1, -0.05) is 70.7 Å². The van der Waals surface area contributed by atoms with Crippen LogP contribution in [-0.2, 0) is 0 Å². The van der Waals surface area contributed by atoms with Gasteiger partial charge in [-0.3, -0.25) is 0 Å². The van der Waals surface area contributed by atoms with Crippen LogP contribution in [0.4, 0.5) is 0 Å². The lowest BCUT2D eigenvalue weighted by Gasteiger charge is -2.40. The van der Waals surface area contributed by atoms with Crippen LogP contribution in [0.15, 0.2) is 36.4 Å². The molecule has 0 heterocycles. The summed E-state index contributed by atoms with van der Waals surface area (Å²) in [5.74, 6) is 1.92. The number of aryl methyl sites for hydroxylation is 1. The third kappa shape index (κ3) is 5.99. The molecule has 2 nitrogen and oxygen atoms in total. The highest BCUT2D eigenvalue weighted by Crippen LogP contribution is 2.57. The van der Waals surface area contributed by atoms with Crippen molar-refractivity contribution in [3.63, 3.8) is 0 Å². The number of hydrogen-bond acceptors (Lipinski definition) is 2. The largest absolute Gasteiger partial charge is 0.490 e. The van der Waals surface area contributed by atoms with Gasteiger partial charge in [0.2, 0.25) is 0 Å². The molecule has 34 heavy (non-hydrogen) atoms. The van der Waals surface area contributed by atoms with Crippen molar-refractivity contribution in [3.05, 3.63) is 42.0 Å². The van der Waals surface area contributed by atoms with Crippen molar-refractivity contribution >= 4 is 13.2 Å². The van der Waals surface area contributed by atoms with E-state index in [0.29, 0.717) is 0 Å². The van der Waals surface area contributed by atoms with Crippen molar-refractivity contribution in [1.82, 2.24) is 0 Å². The molecule has 0 aromatic heterocycles. The van der Waals surface area contributed by atoms with Gasteiger partial charge in [0.25, 0.3) is 0 Å². The number of hydrogen-bond donors (Lipinski definition) is 0. The van der Waals surface area contributed by atoms with Crippen LogP contribution in [0.25, 0.3) is 11.1 Å². The molecule has 0 bridgehead atoms. The van der Waals surface area contributed by atoms with Crippen molar-refractivity contribution in [3.8, 4) is 22.6 Å². The standard InChI is InChI=1S/C31H45O2P/c1-22(2)32-28-20-13-21-29(33-23(3)4)30(28)27-19-12-14-24(5)31(27)34(25-15-8-6-9-16-25)26-17-10-7-11-18-26/h12-14,19-23,25-26H,6-11,15-18H2,1-5H3. The molecule has 4 rings (SSSR count). The highest BCUT2D eigenvalue weighted by atomic mass is 31.1. The first-order chi connectivity index (χ1) is 16.5. The van der Waals surface area contributed by atoms with Crippen LogP contribution >= 0.6 is 7.92 Å². The van der Waals surface area contributed by atoms with Crippen LogP contribution in [0, 0.1) is 6.92 Å². The quantitative estimate of drug-likeness (QED) is 0.351. The maximum Gasteiger partial charge on any atom is 0.131 e. The predicted molar refractivity (Wildman–Crippen MR) is 148 cm³/mol. The van der Waals surface area contributed by atoms with E-state index < -0.39 is 0 Å². The third-order valence-electron chi connectivity index (χ3n) is 7.41. The minimum absolute atomic E-state index is 0.125. The lowest BCUT2D eigenvalue weighted by atomic mass is 9.99. The molecule has 0 radical (unpaired) electrons. The highest BCUT2D eigenvalue weighted by Gasteiger charge is 2.35. The Morgan fingerprint density at radius 3 is 1.62 bits per heavy atom. The summed E-state index contributed by atoms with van der Waals surface area (Å²) >= 11 is 0. The Balaban J connectivity index is 1.90. The fourth-order valence-corrected chi connectivity index (χ4v) is 10.2. The second-order valence-corrected chi connectivity index (χ2v) is 13.6. The minimum atomic E-state index is -0.234. The molecule has 3 heteroatoms. The molecule has 2 saturated carbocycles. The summed E-state index contributed by atoms with van der Waals surface area (Å²) in [4.78, 5) is 0. The average Bonchev–Trinajstić information content (AvgIpc) is 2.81. The van der Waals surface area contributed by atoms with Crippen LogP contribution in [0.3, 0.4) is 0 Å². The average molecular weight is 481 g/mol. The van der Waals surface area contributed by atoms with Gasteiger partial charge in [-0.05, 0) is 100 Å². The second-order valence-electron chi connectivity index (χ2n) is 10.9. The monoisotopic (exact) mass is 480 g/mol. The van der Waals surface area contributed by atoms with Crippen LogP contribution in [0.5, 0.6) is 11.5 Å². The summed E-state index contributed by atoms with van der Waals surface area (Å²) in [6, 6.07) is 13.3. The van der Waals surface area contributed by atoms with Crippen LogP contribution < -0.4 is 14.8 Å². The lowest BCUT2D eigenvalue weighted by Crippen LogP contribution is -2.28. The summed E-state index contributed by atoms with van der Waals surface area (Å²) in [7, 11) is -0.234. The van der Waals surface area contributed by atoms with Crippen molar-refractivity contribution < 1.29 is 9.47 Å². The van der Waals surface area contributed by atoms with E-state index in [1.54, 1.807) is 5.30 Å². The maximum absolute atomic E-state index is 6.41. The second kappa shape index (κ2) is 11.9. The zero-order valence-electron chi connectivity index (χ0n) is 22.1. The van der Waals surface area contributed by atoms with Gasteiger partial charge in [-0.2, -0.15) is 0 Å². The Morgan fingerprint density at radius 1 is 0.676 bits per heavy atom. The van der Waals surface area contributed by atoms with E-state index in [9.17, 15) is 0 Å². The fourth-order valence-electron chi connectivity index (χ4n) is 6.07. The molecule has 2 aromatic rings. The van der Waals surface area contributed by atoms with Gasteiger partial charge in [0.1, 0.15) is 11.5 Å². The summed E-state index contributed by atoms with van der Waals surface area (Å²) in [5, 5.41) is 1.64. The maximum atomic E-state index is 6.41. The Hall–Kier alpha value is -1.53. The molecular formula is C31H45O2P. The first kappa shape index (κ1) is 25.6. The molecule has 0 atom stereocenters. The van der Waals surface area contributed by atoms with Gasteiger partial charge >= 0.3 is 0 Å². The van der Waals surface area contributed by atoms with E-state index in [2.05, 4.69) is 71.0 Å². The Bertz CT molecular complexity index is 877. The number of benzene rings is 2. The summed E-state index contributed by atoms with van der Waals surface area (Å²) in [6.07, 6.45) is 14.4. The van der Waals surface area contributed by atoms with Crippen LogP contribution in [0.1, 0.15) is 97.5 Å². The molecule has 186 valence electrons. The van der Waals surface area contributed by atoms with E-state index in [4.69, 9.17) is 9.47 Å². The topological polar surface area (TPSA) is 18.5 Å². The summed E-state index contributed by atoms with van der Waals surface area (Å²) in [6.45, 7) is 10.8. The van der Waals surface area contributed by atoms with Crippen molar-refractivity contribution in [1.29, 1.82) is 0 Å². The molecule has 0 spiro atoms. The molecule has 0 unspecified atom stereocenters. The molecule has 0 saturated heterocycles. The van der Waals surface area contributed by atoms with E-state index in [1.807, 2.05) is 0 Å². The molecule has 2 aliphatic carbocycles. The van der Waals surface area contributed by atoms with Crippen molar-refractivity contribution in [2.45, 2.75) is 122 Å². The molecule has 2 aromatic carbocycles. The Kier molecular flexibility index (Phi) is 8.97. The molecule has 0 N–H and O–H groups in total. The predicted octanol–water partition coefficient (Wildman–Crippen LogP) is 9.01. The summed E-state index contributed by atoms with van der Waals surface area (Å²) < 4.78 is 12.8. The minimum Gasteiger partial charge on any atom is -0.490 e. The Morgan fingerprint density at radius 2 is 1.15 bits per heavy atom. The first-order valence-corrected chi connectivity index (χ1v) is 15.3. The van der Waals surface area contributed by atoms with Gasteiger partial charge in [0.15, 0.2) is 0 Å². The Labute approximate surface area is 209 Å². The molecular weight excluding hydrogens is 435 g/mol. The lowest BCUT2D eigenvalue weighted by molar-refractivity contribution is 0.231. The fraction of sp³-hybridized carbons (Fsp3) is 0.613. The van der Waals surface area contributed by atoms with Crippen LogP contribution in [-0.4, -0.2) is 23.5 Å². The van der Waals surface area contributed by atoms with Crippen molar-refractivity contribution in [2.24, 2.45) is 0 Å². The zero-order valence-corrected chi connectivity index (χ0v) is 23.0. The van der Waals surface area contributed by atoms with Gasteiger partial charge < -0.3 is 9.47 Å². The van der Waals surface area contributed by atoms with E-state index in [0.717, 1.165) is 22.8 Å². The zero-order chi connectivity index (χ0) is 24.1. The highest BCUT2D eigenvalue weighted by molar-refractivity contribution is 7.67. The molecule has 0 amide bonds. The smallest absolute Gasteiger partial charge is 0.131 e.